The zero-order valence-electron chi connectivity index (χ0n) is 13.1. The summed E-state index contributed by atoms with van der Waals surface area (Å²) in [6, 6.07) is 0. The third-order valence-corrected chi connectivity index (χ3v) is 7.01. The predicted octanol–water partition coefficient (Wildman–Crippen LogP) is 1.34. The van der Waals surface area contributed by atoms with E-state index >= 15 is 0 Å². The van der Waals surface area contributed by atoms with Crippen molar-refractivity contribution >= 4 is 21.8 Å². The van der Waals surface area contributed by atoms with Crippen molar-refractivity contribution in [2.24, 2.45) is 0 Å². The van der Waals surface area contributed by atoms with E-state index in [9.17, 15) is 8.42 Å². The molecule has 1 aliphatic heterocycles. The van der Waals surface area contributed by atoms with Crippen LogP contribution in [0.1, 0.15) is 31.5 Å². The minimum atomic E-state index is -3.53. The first kappa shape index (κ1) is 16.8. The number of nitrogens with one attached hydrogen (secondary N) is 2. The molecular weight excluding hydrogens is 308 g/mol. The molecule has 2 N–H and O–H groups in total. The fourth-order valence-corrected chi connectivity index (χ4v) is 5.21. The molecule has 0 aliphatic carbocycles. The highest BCUT2D eigenvalue weighted by Crippen LogP contribution is 2.32. The molecule has 1 aliphatic rings. The highest BCUT2D eigenvalue weighted by Gasteiger charge is 2.34. The number of H-pyrrole nitrogens is 1. The van der Waals surface area contributed by atoms with Gasteiger partial charge in [0.15, 0.2) is 5.03 Å². The van der Waals surface area contributed by atoms with E-state index in [-0.39, 0.29) is 9.77 Å². The predicted molar refractivity (Wildman–Crippen MR) is 86.0 cm³/mol. The number of aromatic nitrogens is 2. The lowest BCUT2D eigenvalue weighted by Gasteiger charge is -2.22. The lowest BCUT2D eigenvalue weighted by atomic mass is 10.1. The van der Waals surface area contributed by atoms with Crippen molar-refractivity contribution in [2.75, 3.05) is 25.9 Å². The van der Waals surface area contributed by atoms with Crippen LogP contribution in [0.15, 0.2) is 5.03 Å². The minimum Gasteiger partial charge on any atom is -0.316 e. The molecule has 0 radical (unpaired) electrons. The summed E-state index contributed by atoms with van der Waals surface area (Å²) in [7, 11) is -1.73. The monoisotopic (exact) mass is 332 g/mol. The third kappa shape index (κ3) is 3.61. The summed E-state index contributed by atoms with van der Waals surface area (Å²) in [6.45, 7) is 7.76. The number of hydrogen-bond donors (Lipinski definition) is 2. The molecule has 6 nitrogen and oxygen atoms in total. The summed E-state index contributed by atoms with van der Waals surface area (Å²) in [5, 5.41) is 10.0. The molecular formula is C13H24N4O2S2. The normalized spacial score (nSPS) is 20.4. The highest BCUT2D eigenvalue weighted by atomic mass is 32.2. The number of nitrogens with zero attached hydrogens (tertiary/aromatic N) is 2. The van der Waals surface area contributed by atoms with Gasteiger partial charge in [0.1, 0.15) is 0 Å². The Bertz CT molecular complexity index is 595. The molecule has 2 heterocycles. The summed E-state index contributed by atoms with van der Waals surface area (Å²) in [6.07, 6.45) is 0.849. The lowest BCUT2D eigenvalue weighted by molar-refractivity contribution is 0.412. The van der Waals surface area contributed by atoms with Crippen LogP contribution >= 0.6 is 11.8 Å². The molecule has 120 valence electrons. The second kappa shape index (κ2) is 6.28. The second-order valence-corrected chi connectivity index (χ2v) is 9.58. The topological polar surface area (TPSA) is 78.1 Å². The number of aromatic amines is 1. The van der Waals surface area contributed by atoms with Gasteiger partial charge in [-0.2, -0.15) is 21.2 Å². The smallest absolute Gasteiger partial charge is 0.262 e. The van der Waals surface area contributed by atoms with Gasteiger partial charge in [-0.1, -0.05) is 13.8 Å². The molecule has 2 rings (SSSR count). The van der Waals surface area contributed by atoms with Crippen molar-refractivity contribution in [2.45, 2.75) is 43.5 Å². The Labute approximate surface area is 131 Å². The molecule has 1 aromatic heterocycles. The summed E-state index contributed by atoms with van der Waals surface area (Å²) in [5.41, 5.74) is 1.53. The Balaban J connectivity index is 2.30. The van der Waals surface area contributed by atoms with Gasteiger partial charge in [-0.15, -0.1) is 0 Å². The number of thioether (sulfide) groups is 1. The second-order valence-electron chi connectivity index (χ2n) is 5.92. The van der Waals surface area contributed by atoms with E-state index in [2.05, 4.69) is 29.4 Å². The average Bonchev–Trinajstić information content (AvgIpc) is 2.65. The Hall–Kier alpha value is -0.570. The van der Waals surface area contributed by atoms with Crippen LogP contribution < -0.4 is 5.32 Å². The number of sulfonamides is 1. The zero-order chi connectivity index (χ0) is 15.7. The summed E-state index contributed by atoms with van der Waals surface area (Å²) >= 11 is 1.83. The first-order valence-corrected chi connectivity index (χ1v) is 9.53. The molecule has 0 saturated carbocycles. The molecule has 1 saturated heterocycles. The van der Waals surface area contributed by atoms with Gasteiger partial charge >= 0.3 is 0 Å². The van der Waals surface area contributed by atoms with Gasteiger partial charge in [-0.25, -0.2) is 8.42 Å². The van der Waals surface area contributed by atoms with Gasteiger partial charge in [-0.3, -0.25) is 5.10 Å². The molecule has 0 spiro atoms. The largest absolute Gasteiger partial charge is 0.316 e. The summed E-state index contributed by atoms with van der Waals surface area (Å²) in [5.74, 6) is 0.816. The fraction of sp³-hybridized carbons (Fsp3) is 0.769. The molecule has 0 amide bonds. The molecule has 8 heteroatoms. The molecule has 1 fully saturated rings. The van der Waals surface area contributed by atoms with Crippen LogP contribution in [-0.2, 0) is 16.6 Å². The average molecular weight is 332 g/mol. The van der Waals surface area contributed by atoms with Crippen LogP contribution in [0.2, 0.25) is 0 Å². The van der Waals surface area contributed by atoms with E-state index in [0.717, 1.165) is 23.4 Å². The fourth-order valence-electron chi connectivity index (χ4n) is 2.39. The van der Waals surface area contributed by atoms with Crippen LogP contribution in [-0.4, -0.2) is 53.6 Å². The summed E-state index contributed by atoms with van der Waals surface area (Å²) in [4.78, 5) is 0. The van der Waals surface area contributed by atoms with Crippen molar-refractivity contribution in [3.63, 3.8) is 0 Å². The third-order valence-electron chi connectivity index (χ3n) is 3.77. The van der Waals surface area contributed by atoms with E-state index in [4.69, 9.17) is 0 Å². The van der Waals surface area contributed by atoms with E-state index in [1.54, 1.807) is 11.4 Å². The van der Waals surface area contributed by atoms with Gasteiger partial charge in [0, 0.05) is 41.4 Å². The van der Waals surface area contributed by atoms with Gasteiger partial charge in [0.2, 0.25) is 0 Å². The number of rotatable bonds is 4. The Morgan fingerprint density at radius 3 is 2.81 bits per heavy atom. The Kier molecular flexibility index (Phi) is 5.02. The zero-order valence-corrected chi connectivity index (χ0v) is 14.7. The van der Waals surface area contributed by atoms with E-state index in [1.807, 2.05) is 18.7 Å². The van der Waals surface area contributed by atoms with Crippen molar-refractivity contribution in [1.82, 2.24) is 19.8 Å². The maximum Gasteiger partial charge on any atom is 0.262 e. The molecule has 0 aromatic carbocycles. The van der Waals surface area contributed by atoms with E-state index in [0.29, 0.717) is 19.6 Å². The highest BCUT2D eigenvalue weighted by molar-refractivity contribution is 8.00. The van der Waals surface area contributed by atoms with Gasteiger partial charge < -0.3 is 5.32 Å². The maximum atomic E-state index is 12.9. The Morgan fingerprint density at radius 1 is 1.43 bits per heavy atom. The van der Waals surface area contributed by atoms with Gasteiger partial charge in [0.05, 0.1) is 0 Å². The Morgan fingerprint density at radius 2 is 2.14 bits per heavy atom. The van der Waals surface area contributed by atoms with Crippen LogP contribution in [0.3, 0.4) is 0 Å². The number of aryl methyl sites for hydroxylation is 1. The van der Waals surface area contributed by atoms with E-state index < -0.39 is 10.0 Å². The van der Waals surface area contributed by atoms with Crippen LogP contribution in [0.4, 0.5) is 0 Å². The lowest BCUT2D eigenvalue weighted by Crippen LogP contribution is -2.34. The molecule has 1 aromatic rings. The summed E-state index contributed by atoms with van der Waals surface area (Å²) < 4.78 is 27.4. The van der Waals surface area contributed by atoms with Crippen molar-refractivity contribution in [3.05, 3.63) is 11.3 Å². The molecule has 0 unspecified atom stereocenters. The van der Waals surface area contributed by atoms with Crippen LogP contribution in [0.5, 0.6) is 0 Å². The van der Waals surface area contributed by atoms with Crippen molar-refractivity contribution < 1.29 is 8.42 Å². The van der Waals surface area contributed by atoms with Gasteiger partial charge in [-0.05, 0) is 20.4 Å². The molecule has 0 bridgehead atoms. The quantitative estimate of drug-likeness (QED) is 0.870. The van der Waals surface area contributed by atoms with Crippen molar-refractivity contribution in [1.29, 1.82) is 0 Å². The first-order valence-electron chi connectivity index (χ1n) is 7.10. The molecule has 0 atom stereocenters. The number of hydrogen-bond acceptors (Lipinski definition) is 5. The van der Waals surface area contributed by atoms with Crippen molar-refractivity contribution in [3.8, 4) is 0 Å². The maximum absolute atomic E-state index is 12.9. The van der Waals surface area contributed by atoms with Crippen LogP contribution in [0.25, 0.3) is 0 Å². The van der Waals surface area contributed by atoms with E-state index in [1.165, 1.54) is 0 Å². The standard InChI is InChI=1S/C13H24N4O2S2/c1-10-11(9-14-4)12(16-15-10)21(18,19)17-6-5-13(2,3)20-8-7-17/h14H,5-9H2,1-4H3,(H,15,16). The SMILES string of the molecule is CNCc1c(S(=O)(=O)N2CCSC(C)(C)CC2)n[nH]c1C. The first-order chi connectivity index (χ1) is 9.78. The molecule has 21 heavy (non-hydrogen) atoms. The van der Waals surface area contributed by atoms with Gasteiger partial charge in [0.25, 0.3) is 10.0 Å². The van der Waals surface area contributed by atoms with Crippen LogP contribution in [0, 0.1) is 6.92 Å². The minimum absolute atomic E-state index is 0.125.